The zero-order chi connectivity index (χ0) is 25.2. The van der Waals surface area contributed by atoms with Crippen molar-refractivity contribution in [3.63, 3.8) is 0 Å². The first-order chi connectivity index (χ1) is 17.4. The molecule has 0 aliphatic rings. The average Bonchev–Trinajstić information content (AvgIpc) is 3.50. The summed E-state index contributed by atoms with van der Waals surface area (Å²) >= 11 is 0. The van der Waals surface area contributed by atoms with E-state index in [1.807, 2.05) is 49.1 Å². The molecule has 0 spiro atoms. The van der Waals surface area contributed by atoms with Crippen LogP contribution in [0, 0.1) is 17.0 Å². The van der Waals surface area contributed by atoms with E-state index in [4.69, 9.17) is 0 Å². The lowest BCUT2D eigenvalue weighted by molar-refractivity contribution is -0.384. The van der Waals surface area contributed by atoms with Gasteiger partial charge < -0.3 is 4.90 Å². The Hall–Kier alpha value is -4.44. The highest BCUT2D eigenvalue weighted by atomic mass is 16.6. The molecule has 0 bridgehead atoms. The topological polar surface area (TPSA) is 108 Å². The molecule has 10 heteroatoms. The van der Waals surface area contributed by atoms with Crippen molar-refractivity contribution in [2.75, 3.05) is 13.6 Å². The van der Waals surface area contributed by atoms with Crippen molar-refractivity contribution in [3.8, 4) is 17.1 Å². The Labute approximate surface area is 207 Å². The molecule has 0 saturated heterocycles. The van der Waals surface area contributed by atoms with Gasteiger partial charge in [0, 0.05) is 31.6 Å². The van der Waals surface area contributed by atoms with Crippen molar-refractivity contribution in [3.05, 3.63) is 93.7 Å². The highest BCUT2D eigenvalue weighted by Crippen LogP contribution is 2.28. The van der Waals surface area contributed by atoms with Crippen molar-refractivity contribution in [2.24, 2.45) is 7.05 Å². The van der Waals surface area contributed by atoms with Crippen LogP contribution in [0.1, 0.15) is 16.7 Å². The third kappa shape index (κ3) is 4.84. The minimum absolute atomic E-state index is 0.0330. The van der Waals surface area contributed by atoms with E-state index in [1.165, 1.54) is 22.0 Å². The Morgan fingerprint density at radius 2 is 1.81 bits per heavy atom. The molecule has 2 heterocycles. The third-order valence-electron chi connectivity index (χ3n) is 6.22. The van der Waals surface area contributed by atoms with E-state index < -0.39 is 4.92 Å². The summed E-state index contributed by atoms with van der Waals surface area (Å²) in [4.78, 5) is 14.7. The largest absolute Gasteiger partial charge is 0.302 e. The highest BCUT2D eigenvalue weighted by Gasteiger charge is 2.19. The number of hydrogen-bond acceptors (Lipinski definition) is 7. The minimum atomic E-state index is -0.425. The molecule has 182 valence electrons. The summed E-state index contributed by atoms with van der Waals surface area (Å²) in [7, 11) is 4.07. The van der Waals surface area contributed by atoms with Crippen molar-refractivity contribution < 1.29 is 4.92 Å². The maximum atomic E-state index is 11.4. The number of nitro groups is 1. The molecule has 0 unspecified atom stereocenters. The monoisotopic (exact) mass is 482 g/mol. The van der Waals surface area contributed by atoms with E-state index in [-0.39, 0.29) is 11.5 Å². The summed E-state index contributed by atoms with van der Waals surface area (Å²) in [5.41, 5.74) is 5.44. The van der Waals surface area contributed by atoms with Gasteiger partial charge in [0.25, 0.3) is 5.69 Å². The van der Waals surface area contributed by atoms with E-state index in [0.717, 1.165) is 41.7 Å². The SMILES string of the molecule is Cc1ccc(-c2nnn(-c3ccc(CCN(C)Cc4ccc5c(cnn5C)c4)cc3)n2)c([N+](=O)[O-])c1. The Bertz CT molecular complexity index is 1540. The number of rotatable bonds is 8. The molecule has 36 heavy (non-hydrogen) atoms. The van der Waals surface area contributed by atoms with E-state index in [0.29, 0.717) is 5.56 Å². The molecule has 3 aromatic carbocycles. The lowest BCUT2D eigenvalue weighted by Gasteiger charge is -2.17. The molecule has 0 aliphatic carbocycles. The predicted molar refractivity (Wildman–Crippen MR) is 137 cm³/mol. The Morgan fingerprint density at radius 1 is 1.03 bits per heavy atom. The first kappa shape index (κ1) is 23.3. The van der Waals surface area contributed by atoms with Crippen LogP contribution in [0.3, 0.4) is 0 Å². The normalized spacial score (nSPS) is 11.4. The summed E-state index contributed by atoms with van der Waals surface area (Å²) < 4.78 is 1.88. The second-order valence-corrected chi connectivity index (χ2v) is 9.00. The van der Waals surface area contributed by atoms with Gasteiger partial charge in [-0.05, 0) is 72.6 Å². The van der Waals surface area contributed by atoms with Crippen molar-refractivity contribution >= 4 is 16.6 Å². The maximum absolute atomic E-state index is 11.4. The number of aryl methyl sites for hydroxylation is 2. The van der Waals surface area contributed by atoms with Gasteiger partial charge in [0.1, 0.15) is 5.56 Å². The van der Waals surface area contributed by atoms with E-state index in [2.05, 4.69) is 50.7 Å². The summed E-state index contributed by atoms with van der Waals surface area (Å²) in [6.07, 6.45) is 2.80. The number of likely N-dealkylation sites (N-methyl/N-ethyl adjacent to an activating group) is 1. The zero-order valence-corrected chi connectivity index (χ0v) is 20.4. The molecule has 5 aromatic rings. The standard InChI is InChI=1S/C26H26N8O2/c1-18-4-10-23(25(14-18)34(35)36)26-28-30-33(29-26)22-8-5-19(6-9-22)12-13-31(2)17-20-7-11-24-21(15-20)16-27-32(24)3/h4-11,14-16H,12-13,17H2,1-3H3. The molecule has 5 rings (SSSR count). The number of fused-ring (bicyclic) bond motifs is 1. The second kappa shape index (κ2) is 9.67. The van der Waals surface area contributed by atoms with E-state index >= 15 is 0 Å². The Balaban J connectivity index is 1.22. The molecule has 0 aliphatic heterocycles. The molecule has 2 aromatic heterocycles. The number of hydrogen-bond donors (Lipinski definition) is 0. The lowest BCUT2D eigenvalue weighted by Crippen LogP contribution is -2.20. The van der Waals surface area contributed by atoms with Crippen LogP contribution in [0.2, 0.25) is 0 Å². The van der Waals surface area contributed by atoms with Crippen LogP contribution < -0.4 is 0 Å². The van der Waals surface area contributed by atoms with Gasteiger partial charge in [-0.1, -0.05) is 24.3 Å². The number of benzene rings is 3. The number of nitrogens with zero attached hydrogens (tertiary/aromatic N) is 8. The fourth-order valence-electron chi connectivity index (χ4n) is 4.23. The molecule has 10 nitrogen and oxygen atoms in total. The quantitative estimate of drug-likeness (QED) is 0.242. The first-order valence-corrected chi connectivity index (χ1v) is 11.6. The van der Waals surface area contributed by atoms with Gasteiger partial charge in [-0.2, -0.15) is 5.10 Å². The smallest absolute Gasteiger partial charge is 0.280 e. The molecule has 0 radical (unpaired) electrons. The highest BCUT2D eigenvalue weighted by molar-refractivity contribution is 5.79. The van der Waals surface area contributed by atoms with Gasteiger partial charge in [0.05, 0.1) is 22.3 Å². The van der Waals surface area contributed by atoms with Crippen LogP contribution in [-0.4, -0.2) is 53.4 Å². The molecule has 0 atom stereocenters. The third-order valence-corrected chi connectivity index (χ3v) is 6.22. The van der Waals surface area contributed by atoms with Crippen molar-refractivity contribution in [2.45, 2.75) is 19.9 Å². The molecule has 0 amide bonds. The number of tetrazole rings is 1. The van der Waals surface area contributed by atoms with Gasteiger partial charge in [0.2, 0.25) is 5.82 Å². The average molecular weight is 483 g/mol. The van der Waals surface area contributed by atoms with Crippen LogP contribution >= 0.6 is 0 Å². The second-order valence-electron chi connectivity index (χ2n) is 9.00. The predicted octanol–water partition coefficient (Wildman–Crippen LogP) is 4.11. The Kier molecular flexibility index (Phi) is 6.26. The van der Waals surface area contributed by atoms with Crippen LogP contribution in [-0.2, 0) is 20.0 Å². The van der Waals surface area contributed by atoms with Gasteiger partial charge in [-0.15, -0.1) is 15.0 Å². The van der Waals surface area contributed by atoms with Crippen molar-refractivity contribution in [1.29, 1.82) is 0 Å². The van der Waals surface area contributed by atoms with Crippen LogP contribution in [0.15, 0.2) is 66.9 Å². The van der Waals surface area contributed by atoms with Gasteiger partial charge in [-0.3, -0.25) is 14.8 Å². The number of aromatic nitrogens is 6. The molecule has 0 fully saturated rings. The fraction of sp³-hybridized carbons (Fsp3) is 0.231. The van der Waals surface area contributed by atoms with Crippen LogP contribution in [0.4, 0.5) is 5.69 Å². The summed E-state index contributed by atoms with van der Waals surface area (Å²) in [5.74, 6) is 0.219. The minimum Gasteiger partial charge on any atom is -0.302 e. The van der Waals surface area contributed by atoms with Crippen LogP contribution in [0.25, 0.3) is 28.0 Å². The Morgan fingerprint density at radius 3 is 2.58 bits per heavy atom. The maximum Gasteiger partial charge on any atom is 0.280 e. The zero-order valence-electron chi connectivity index (χ0n) is 20.4. The van der Waals surface area contributed by atoms with Crippen molar-refractivity contribution in [1.82, 2.24) is 34.9 Å². The molecular formula is C26H26N8O2. The van der Waals surface area contributed by atoms with E-state index in [9.17, 15) is 10.1 Å². The number of nitro benzene ring substituents is 1. The summed E-state index contributed by atoms with van der Waals surface area (Å²) in [5, 5.41) is 29.4. The summed E-state index contributed by atoms with van der Waals surface area (Å²) in [6.45, 7) is 3.58. The van der Waals surface area contributed by atoms with Gasteiger partial charge >= 0.3 is 0 Å². The van der Waals surface area contributed by atoms with Gasteiger partial charge in [-0.25, -0.2) is 0 Å². The fourth-order valence-corrected chi connectivity index (χ4v) is 4.23. The first-order valence-electron chi connectivity index (χ1n) is 11.6. The summed E-state index contributed by atoms with van der Waals surface area (Å²) in [6, 6.07) is 19.4. The van der Waals surface area contributed by atoms with Gasteiger partial charge in [0.15, 0.2) is 0 Å². The molecular weight excluding hydrogens is 456 g/mol. The van der Waals surface area contributed by atoms with E-state index in [1.54, 1.807) is 12.1 Å². The molecule has 0 N–H and O–H groups in total. The van der Waals surface area contributed by atoms with Crippen LogP contribution in [0.5, 0.6) is 0 Å². The molecule has 0 saturated carbocycles. The lowest BCUT2D eigenvalue weighted by atomic mass is 10.1.